The third-order valence-corrected chi connectivity index (χ3v) is 5.68. The Morgan fingerprint density at radius 1 is 1.03 bits per heavy atom. The van der Waals surface area contributed by atoms with Crippen molar-refractivity contribution in [3.05, 3.63) is 54.1 Å². The monoisotopic (exact) mass is 396 g/mol. The molecule has 1 aliphatic heterocycles. The van der Waals surface area contributed by atoms with Crippen molar-refractivity contribution in [3.8, 4) is 11.5 Å². The third-order valence-electron chi connectivity index (χ3n) is 5.68. The second-order valence-corrected chi connectivity index (χ2v) is 8.17. The van der Waals surface area contributed by atoms with Crippen LogP contribution in [0.3, 0.4) is 0 Å². The van der Waals surface area contributed by atoms with Crippen LogP contribution in [0, 0.1) is 5.92 Å². The Morgan fingerprint density at radius 3 is 2.45 bits per heavy atom. The molecule has 2 fully saturated rings. The van der Waals surface area contributed by atoms with Gasteiger partial charge in [-0.3, -0.25) is 5.32 Å². The average molecular weight is 397 g/mol. The van der Waals surface area contributed by atoms with Gasteiger partial charge in [-0.15, -0.1) is 0 Å². The summed E-state index contributed by atoms with van der Waals surface area (Å²) < 4.78 is 12.0. The van der Waals surface area contributed by atoms with Gasteiger partial charge in [0.1, 0.15) is 23.8 Å². The minimum absolute atomic E-state index is 0.201. The van der Waals surface area contributed by atoms with Crippen molar-refractivity contribution in [1.29, 1.82) is 0 Å². The zero-order valence-corrected chi connectivity index (χ0v) is 17.2. The van der Waals surface area contributed by atoms with Crippen LogP contribution >= 0.6 is 0 Å². The first kappa shape index (κ1) is 20.0. The molecule has 156 valence electrons. The van der Waals surface area contributed by atoms with Gasteiger partial charge in [0.05, 0.1) is 13.2 Å². The number of nitrogens with one attached hydrogen (secondary N) is 1. The number of rotatable bonds is 10. The van der Waals surface area contributed by atoms with Crippen molar-refractivity contribution < 1.29 is 14.6 Å². The van der Waals surface area contributed by atoms with E-state index in [1.807, 2.05) is 19.1 Å². The van der Waals surface area contributed by atoms with Crippen molar-refractivity contribution >= 4 is 5.69 Å². The van der Waals surface area contributed by atoms with Crippen molar-refractivity contribution in [2.75, 3.05) is 24.6 Å². The van der Waals surface area contributed by atoms with E-state index in [4.69, 9.17) is 9.47 Å². The highest BCUT2D eigenvalue weighted by Crippen LogP contribution is 2.30. The molecule has 0 bridgehead atoms. The summed E-state index contributed by atoms with van der Waals surface area (Å²) in [7, 11) is 0. The van der Waals surface area contributed by atoms with Gasteiger partial charge < -0.3 is 19.5 Å². The van der Waals surface area contributed by atoms with E-state index in [1.165, 1.54) is 18.5 Å². The Balaban J connectivity index is 1.24. The predicted octanol–water partition coefficient (Wildman–Crippen LogP) is 3.95. The Hall–Kier alpha value is -2.24. The Labute approximate surface area is 173 Å². The summed E-state index contributed by atoms with van der Waals surface area (Å²) in [6, 6.07) is 16.6. The van der Waals surface area contributed by atoms with Gasteiger partial charge in [-0.2, -0.15) is 0 Å². The summed E-state index contributed by atoms with van der Waals surface area (Å²) in [5.41, 5.74) is 2.37. The van der Waals surface area contributed by atoms with E-state index in [9.17, 15) is 5.11 Å². The van der Waals surface area contributed by atoms with E-state index in [-0.39, 0.29) is 6.10 Å². The molecule has 4 rings (SSSR count). The molecule has 2 atom stereocenters. The van der Waals surface area contributed by atoms with Gasteiger partial charge in [0.25, 0.3) is 0 Å². The summed E-state index contributed by atoms with van der Waals surface area (Å²) >= 11 is 0. The fraction of sp³-hybridized carbons (Fsp3) is 0.500. The number of aliphatic hydroxyl groups excluding tert-OH is 1. The lowest BCUT2D eigenvalue weighted by atomic mass is 10.2. The van der Waals surface area contributed by atoms with Crippen LogP contribution in [-0.4, -0.2) is 37.1 Å². The highest BCUT2D eigenvalue weighted by molar-refractivity contribution is 5.50. The number of nitrogens with zero attached hydrogens (tertiary/aromatic N) is 1. The minimum Gasteiger partial charge on any atom is -0.493 e. The summed E-state index contributed by atoms with van der Waals surface area (Å²) in [4.78, 5) is 2.37. The molecule has 0 amide bonds. The molecule has 29 heavy (non-hydrogen) atoms. The first-order valence-electron chi connectivity index (χ1n) is 10.8. The maximum Gasteiger partial charge on any atom is 0.119 e. The van der Waals surface area contributed by atoms with Crippen LogP contribution in [0.2, 0.25) is 0 Å². The lowest BCUT2D eigenvalue weighted by molar-refractivity contribution is 0.131. The van der Waals surface area contributed by atoms with Crippen molar-refractivity contribution in [1.82, 2.24) is 5.32 Å². The van der Waals surface area contributed by atoms with E-state index >= 15 is 0 Å². The molecule has 1 saturated carbocycles. The minimum atomic E-state index is -0.450. The van der Waals surface area contributed by atoms with Crippen LogP contribution in [-0.2, 0) is 6.54 Å². The zero-order chi connectivity index (χ0) is 20.1. The molecule has 1 aliphatic carbocycles. The largest absolute Gasteiger partial charge is 0.493 e. The zero-order valence-electron chi connectivity index (χ0n) is 17.2. The first-order chi connectivity index (χ1) is 14.2. The third kappa shape index (κ3) is 5.87. The fourth-order valence-electron chi connectivity index (χ4n) is 3.57. The van der Waals surface area contributed by atoms with Gasteiger partial charge in [0, 0.05) is 25.2 Å². The smallest absolute Gasteiger partial charge is 0.119 e. The summed E-state index contributed by atoms with van der Waals surface area (Å²) in [5, 5.41) is 12.7. The van der Waals surface area contributed by atoms with E-state index in [1.54, 1.807) is 0 Å². The second kappa shape index (κ2) is 9.51. The quantitative estimate of drug-likeness (QED) is 0.596. The fourth-order valence-corrected chi connectivity index (χ4v) is 3.57. The molecule has 2 aromatic rings. The number of hydrogen-bond acceptors (Lipinski definition) is 5. The van der Waals surface area contributed by atoms with E-state index < -0.39 is 6.23 Å². The van der Waals surface area contributed by atoms with Crippen molar-refractivity contribution in [2.24, 2.45) is 5.92 Å². The number of hydrogen-bond donors (Lipinski definition) is 2. The molecular weight excluding hydrogens is 364 g/mol. The van der Waals surface area contributed by atoms with E-state index in [0.29, 0.717) is 13.0 Å². The van der Waals surface area contributed by atoms with Gasteiger partial charge in [0.15, 0.2) is 0 Å². The van der Waals surface area contributed by atoms with Crippen molar-refractivity contribution in [3.63, 3.8) is 0 Å². The number of benzene rings is 2. The van der Waals surface area contributed by atoms with Crippen LogP contribution < -0.4 is 19.7 Å². The highest BCUT2D eigenvalue weighted by atomic mass is 16.5. The molecule has 0 aromatic heterocycles. The molecule has 2 aromatic carbocycles. The number of ether oxygens (including phenoxy) is 2. The predicted molar refractivity (Wildman–Crippen MR) is 115 cm³/mol. The average Bonchev–Trinajstić information content (AvgIpc) is 3.48. The molecule has 0 radical (unpaired) electrons. The lowest BCUT2D eigenvalue weighted by Crippen LogP contribution is -2.27. The van der Waals surface area contributed by atoms with Crippen molar-refractivity contribution in [2.45, 2.75) is 51.5 Å². The summed E-state index contributed by atoms with van der Waals surface area (Å²) in [6.45, 7) is 5.37. The SMILES string of the molecule is CC[C@H](O)NCc1ccc(O[C@@H]2CCN(c3ccc(OCC4CC4)cc3)C2)cc1. The van der Waals surface area contributed by atoms with Crippen LogP contribution in [0.15, 0.2) is 48.5 Å². The van der Waals surface area contributed by atoms with Gasteiger partial charge in [-0.1, -0.05) is 19.1 Å². The van der Waals surface area contributed by atoms with Gasteiger partial charge in [-0.05, 0) is 67.1 Å². The normalized spacial score (nSPS) is 19.9. The molecule has 2 aliphatic rings. The van der Waals surface area contributed by atoms with Gasteiger partial charge >= 0.3 is 0 Å². The summed E-state index contributed by atoms with van der Waals surface area (Å²) in [5.74, 6) is 2.65. The molecule has 5 heteroatoms. The van der Waals surface area contributed by atoms with Gasteiger partial charge in [-0.25, -0.2) is 0 Å². The molecule has 0 unspecified atom stereocenters. The number of anilines is 1. The lowest BCUT2D eigenvalue weighted by Gasteiger charge is -2.19. The van der Waals surface area contributed by atoms with Crippen LogP contribution in [0.4, 0.5) is 5.69 Å². The standard InChI is InChI=1S/C24H32N2O3/c1-2-24(27)25-15-18-5-9-22(10-6-18)29-23-13-14-26(16-23)20-7-11-21(12-8-20)28-17-19-3-4-19/h5-12,19,23-25,27H,2-4,13-17H2,1H3/t23-,24+/m1/s1. The molecule has 0 spiro atoms. The van der Waals surface area contributed by atoms with Crippen LogP contribution in [0.25, 0.3) is 0 Å². The van der Waals surface area contributed by atoms with E-state index in [0.717, 1.165) is 49.1 Å². The molecular formula is C24H32N2O3. The maximum absolute atomic E-state index is 9.60. The topological polar surface area (TPSA) is 54.0 Å². The Kier molecular flexibility index (Phi) is 6.57. The Morgan fingerprint density at radius 2 is 1.76 bits per heavy atom. The summed E-state index contributed by atoms with van der Waals surface area (Å²) in [6.07, 6.45) is 4.10. The molecule has 2 N–H and O–H groups in total. The Bertz CT molecular complexity index is 759. The van der Waals surface area contributed by atoms with Gasteiger partial charge in [0.2, 0.25) is 0 Å². The highest BCUT2D eigenvalue weighted by Gasteiger charge is 2.25. The number of aliphatic hydroxyl groups is 1. The van der Waals surface area contributed by atoms with Crippen LogP contribution in [0.5, 0.6) is 11.5 Å². The first-order valence-corrected chi connectivity index (χ1v) is 10.8. The second-order valence-electron chi connectivity index (χ2n) is 8.17. The molecule has 1 heterocycles. The molecule has 1 saturated heterocycles. The molecule has 5 nitrogen and oxygen atoms in total. The van der Waals surface area contributed by atoms with E-state index in [2.05, 4.69) is 46.6 Å². The maximum atomic E-state index is 9.60. The van der Waals surface area contributed by atoms with Crippen LogP contribution in [0.1, 0.15) is 38.2 Å².